The highest BCUT2D eigenvalue weighted by Crippen LogP contribution is 2.38. The van der Waals surface area contributed by atoms with Crippen molar-refractivity contribution >= 4 is 5.91 Å². The summed E-state index contributed by atoms with van der Waals surface area (Å²) >= 11 is 0. The van der Waals surface area contributed by atoms with Gasteiger partial charge in [0.05, 0.1) is 6.10 Å². The predicted molar refractivity (Wildman–Crippen MR) is 71.0 cm³/mol. The van der Waals surface area contributed by atoms with Crippen LogP contribution < -0.4 is 0 Å². The van der Waals surface area contributed by atoms with Crippen molar-refractivity contribution in [2.75, 3.05) is 13.6 Å². The Morgan fingerprint density at radius 3 is 2.85 bits per heavy atom. The van der Waals surface area contributed by atoms with Crippen LogP contribution in [0.2, 0.25) is 0 Å². The summed E-state index contributed by atoms with van der Waals surface area (Å²) in [5, 5.41) is 13.8. The summed E-state index contributed by atoms with van der Waals surface area (Å²) in [6, 6.07) is 0. The molecule has 1 N–H and O–H groups in total. The van der Waals surface area contributed by atoms with Crippen LogP contribution in [-0.4, -0.2) is 45.8 Å². The Balaban J connectivity index is 1.42. The van der Waals surface area contributed by atoms with E-state index >= 15 is 0 Å². The maximum atomic E-state index is 12.0. The van der Waals surface area contributed by atoms with Crippen LogP contribution in [0.5, 0.6) is 0 Å². The van der Waals surface area contributed by atoms with Crippen LogP contribution in [0.4, 0.5) is 0 Å². The van der Waals surface area contributed by atoms with E-state index in [9.17, 15) is 9.90 Å². The van der Waals surface area contributed by atoms with E-state index in [0.29, 0.717) is 37.1 Å². The minimum absolute atomic E-state index is 0.0101. The van der Waals surface area contributed by atoms with Crippen LogP contribution >= 0.6 is 0 Å². The number of carbonyl (C=O) groups excluding carboxylic acids is 1. The maximum Gasteiger partial charge on any atom is 0.227 e. The van der Waals surface area contributed by atoms with Gasteiger partial charge in [-0.15, -0.1) is 0 Å². The average Bonchev–Trinajstić information content (AvgIpc) is 3.33. The summed E-state index contributed by atoms with van der Waals surface area (Å²) in [4.78, 5) is 17.9. The molecule has 0 saturated heterocycles. The van der Waals surface area contributed by atoms with E-state index < -0.39 is 0 Å². The number of carbonyl (C=O) groups is 1. The molecule has 1 atom stereocenters. The minimum atomic E-state index is -0.381. The Morgan fingerprint density at radius 2 is 2.20 bits per heavy atom. The third kappa shape index (κ3) is 3.36. The lowest BCUT2D eigenvalue weighted by molar-refractivity contribution is -0.131. The number of likely N-dealkylation sites (N-methyl/N-ethyl adjacent to an activating group) is 1. The molecule has 0 aliphatic heterocycles. The summed E-state index contributed by atoms with van der Waals surface area (Å²) in [5.74, 6) is 2.19. The third-order valence-corrected chi connectivity index (χ3v) is 4.03. The smallest absolute Gasteiger partial charge is 0.227 e. The highest BCUT2D eigenvalue weighted by atomic mass is 16.5. The van der Waals surface area contributed by atoms with Gasteiger partial charge in [-0.2, -0.15) is 4.98 Å². The summed E-state index contributed by atoms with van der Waals surface area (Å²) in [7, 11) is 1.73. The number of aryl methyl sites for hydroxylation is 1. The first-order valence-corrected chi connectivity index (χ1v) is 7.38. The van der Waals surface area contributed by atoms with E-state index in [2.05, 4.69) is 10.1 Å². The monoisotopic (exact) mass is 279 g/mol. The number of hydrogen-bond acceptors (Lipinski definition) is 5. The van der Waals surface area contributed by atoms with E-state index in [0.717, 1.165) is 31.5 Å². The Kier molecular flexibility index (Phi) is 3.74. The number of aliphatic hydroxyl groups is 1. The van der Waals surface area contributed by atoms with Gasteiger partial charge in [-0.3, -0.25) is 4.79 Å². The first-order chi connectivity index (χ1) is 9.63. The van der Waals surface area contributed by atoms with Crippen LogP contribution in [0, 0.1) is 5.92 Å². The second-order valence-corrected chi connectivity index (χ2v) is 6.00. The standard InChI is InChI=1S/C14H21N3O3/c1-17(8-11(18)9-2-3-9)13(19)7-6-12-15-14(16-20-12)10-4-5-10/h9-11,18H,2-8H2,1H3. The molecular weight excluding hydrogens is 258 g/mol. The number of aliphatic hydroxyl groups excluding tert-OH is 1. The fourth-order valence-corrected chi connectivity index (χ4v) is 2.29. The van der Waals surface area contributed by atoms with Gasteiger partial charge in [0.2, 0.25) is 11.8 Å². The zero-order chi connectivity index (χ0) is 14.1. The predicted octanol–water partition coefficient (Wildman–Crippen LogP) is 1.11. The Bertz CT molecular complexity index is 480. The second-order valence-electron chi connectivity index (χ2n) is 6.00. The van der Waals surface area contributed by atoms with Gasteiger partial charge in [0.25, 0.3) is 0 Å². The van der Waals surface area contributed by atoms with Gasteiger partial charge in [-0.1, -0.05) is 5.16 Å². The lowest BCUT2D eigenvalue weighted by Crippen LogP contribution is -2.35. The molecule has 1 heterocycles. The van der Waals surface area contributed by atoms with E-state index in [4.69, 9.17) is 4.52 Å². The van der Waals surface area contributed by atoms with Gasteiger partial charge in [0, 0.05) is 32.4 Å². The van der Waals surface area contributed by atoms with E-state index in [1.165, 1.54) is 0 Å². The lowest BCUT2D eigenvalue weighted by Gasteiger charge is -2.20. The highest BCUT2D eigenvalue weighted by molar-refractivity contribution is 5.76. The fourth-order valence-electron chi connectivity index (χ4n) is 2.29. The molecule has 3 rings (SSSR count). The van der Waals surface area contributed by atoms with Crippen molar-refractivity contribution < 1.29 is 14.4 Å². The zero-order valence-electron chi connectivity index (χ0n) is 11.8. The van der Waals surface area contributed by atoms with Crippen molar-refractivity contribution in [3.05, 3.63) is 11.7 Å². The molecule has 0 aromatic carbocycles. The van der Waals surface area contributed by atoms with Gasteiger partial charge in [0.15, 0.2) is 5.82 Å². The number of rotatable bonds is 7. The van der Waals surface area contributed by atoms with E-state index in [-0.39, 0.29) is 12.0 Å². The highest BCUT2D eigenvalue weighted by Gasteiger charge is 2.31. The summed E-state index contributed by atoms with van der Waals surface area (Å²) in [6.07, 6.45) is 4.88. The quantitative estimate of drug-likeness (QED) is 0.808. The first kappa shape index (κ1) is 13.5. The number of aromatic nitrogens is 2. The molecule has 6 heteroatoms. The van der Waals surface area contributed by atoms with Gasteiger partial charge >= 0.3 is 0 Å². The largest absolute Gasteiger partial charge is 0.391 e. The SMILES string of the molecule is CN(CC(O)C1CC1)C(=O)CCc1nc(C2CC2)no1. The van der Waals surface area contributed by atoms with E-state index in [1.54, 1.807) is 11.9 Å². The van der Waals surface area contributed by atoms with Crippen LogP contribution in [0.1, 0.15) is 49.7 Å². The van der Waals surface area contributed by atoms with Gasteiger partial charge < -0.3 is 14.5 Å². The van der Waals surface area contributed by atoms with Crippen molar-refractivity contribution in [3.63, 3.8) is 0 Å². The second kappa shape index (κ2) is 5.52. The molecule has 2 aliphatic carbocycles. The Hall–Kier alpha value is -1.43. The van der Waals surface area contributed by atoms with Crippen LogP contribution in [0.15, 0.2) is 4.52 Å². The van der Waals surface area contributed by atoms with Crippen molar-refractivity contribution in [2.45, 2.75) is 50.5 Å². The molecule has 0 spiro atoms. The average molecular weight is 279 g/mol. The molecule has 110 valence electrons. The molecule has 0 bridgehead atoms. The molecule has 20 heavy (non-hydrogen) atoms. The molecule has 6 nitrogen and oxygen atoms in total. The Morgan fingerprint density at radius 1 is 1.45 bits per heavy atom. The first-order valence-electron chi connectivity index (χ1n) is 7.38. The third-order valence-electron chi connectivity index (χ3n) is 4.03. The molecule has 2 aliphatic rings. The number of amides is 1. The Labute approximate surface area is 118 Å². The van der Waals surface area contributed by atoms with Crippen LogP contribution in [0.25, 0.3) is 0 Å². The molecule has 1 amide bonds. The van der Waals surface area contributed by atoms with Crippen molar-refractivity contribution in [1.82, 2.24) is 15.0 Å². The van der Waals surface area contributed by atoms with Crippen molar-refractivity contribution in [2.24, 2.45) is 5.92 Å². The molecule has 2 fully saturated rings. The minimum Gasteiger partial charge on any atom is -0.391 e. The van der Waals surface area contributed by atoms with Crippen LogP contribution in [0.3, 0.4) is 0 Å². The van der Waals surface area contributed by atoms with Crippen molar-refractivity contribution in [3.8, 4) is 0 Å². The molecule has 1 unspecified atom stereocenters. The molecule has 2 saturated carbocycles. The molecule has 1 aromatic heterocycles. The molecular formula is C14H21N3O3. The number of hydrogen-bond donors (Lipinski definition) is 1. The lowest BCUT2D eigenvalue weighted by atomic mass is 10.2. The number of nitrogens with zero attached hydrogens (tertiary/aromatic N) is 3. The summed E-state index contributed by atoms with van der Waals surface area (Å²) in [6.45, 7) is 0.417. The van der Waals surface area contributed by atoms with Gasteiger partial charge in [-0.25, -0.2) is 0 Å². The summed E-state index contributed by atoms with van der Waals surface area (Å²) in [5.41, 5.74) is 0. The van der Waals surface area contributed by atoms with Crippen LogP contribution in [-0.2, 0) is 11.2 Å². The zero-order valence-corrected chi connectivity index (χ0v) is 11.8. The normalized spacial score (nSPS) is 19.9. The van der Waals surface area contributed by atoms with Gasteiger partial charge in [-0.05, 0) is 31.6 Å². The topological polar surface area (TPSA) is 79.5 Å². The summed E-state index contributed by atoms with van der Waals surface area (Å²) < 4.78 is 5.14. The molecule has 1 aromatic rings. The van der Waals surface area contributed by atoms with Gasteiger partial charge in [0.1, 0.15) is 0 Å². The molecule has 0 radical (unpaired) electrons. The van der Waals surface area contributed by atoms with Crippen molar-refractivity contribution in [1.29, 1.82) is 0 Å². The fraction of sp³-hybridized carbons (Fsp3) is 0.786. The maximum absolute atomic E-state index is 12.0. The van der Waals surface area contributed by atoms with E-state index in [1.807, 2.05) is 0 Å².